The van der Waals surface area contributed by atoms with Gasteiger partial charge >= 0.3 is 6.16 Å². The highest BCUT2D eigenvalue weighted by molar-refractivity contribution is 5.53. The Morgan fingerprint density at radius 2 is 1.57 bits per heavy atom. The quantitative estimate of drug-likeness (QED) is 0.720. The van der Waals surface area contributed by atoms with E-state index in [0.29, 0.717) is 0 Å². The second-order valence-corrected chi connectivity index (χ2v) is 2.91. The van der Waals surface area contributed by atoms with Gasteiger partial charge in [0.1, 0.15) is 0 Å². The first-order valence-electron chi connectivity index (χ1n) is 4.14. The predicted molar refractivity (Wildman–Crippen MR) is 56.4 cm³/mol. The van der Waals surface area contributed by atoms with Crippen LogP contribution in [0.2, 0.25) is 0 Å². The molecule has 0 saturated carbocycles. The van der Waals surface area contributed by atoms with Gasteiger partial charge in [-0.2, -0.15) is 0 Å². The van der Waals surface area contributed by atoms with Crippen molar-refractivity contribution in [2.24, 2.45) is 0 Å². The van der Waals surface area contributed by atoms with Crippen molar-refractivity contribution in [2.75, 3.05) is 0 Å². The Bertz CT molecular complexity index is 294. The summed E-state index contributed by atoms with van der Waals surface area (Å²) in [6.07, 6.45) is 0.333. The van der Waals surface area contributed by atoms with Crippen LogP contribution in [-0.2, 0) is 0 Å². The van der Waals surface area contributed by atoms with Crippen LogP contribution < -0.4 is 0 Å². The topological polar surface area (TPSA) is 57.5 Å². The van der Waals surface area contributed by atoms with Gasteiger partial charge in [-0.3, -0.25) is 0 Å². The summed E-state index contributed by atoms with van der Waals surface area (Å²) in [6, 6.07) is 10.3. The maximum absolute atomic E-state index is 8.56. The normalized spacial score (nSPS) is 8.14. The molecule has 0 bridgehead atoms. The van der Waals surface area contributed by atoms with Crippen LogP contribution in [0.1, 0.15) is 19.4 Å². The Kier molecular flexibility index (Phi) is 5.87. The van der Waals surface area contributed by atoms with E-state index < -0.39 is 6.16 Å². The van der Waals surface area contributed by atoms with Gasteiger partial charge in [-0.1, -0.05) is 42.0 Å². The Balaban J connectivity index is 0.000000364. The minimum atomic E-state index is -1.83. The molecule has 1 rings (SSSR count). The molecule has 76 valence electrons. The fourth-order valence-electron chi connectivity index (χ4n) is 0.883. The highest BCUT2D eigenvalue weighted by Crippen LogP contribution is 2.04. The molecule has 2 N–H and O–H groups in total. The first-order valence-corrected chi connectivity index (χ1v) is 4.14. The molecule has 0 aliphatic carbocycles. The summed E-state index contributed by atoms with van der Waals surface area (Å²) in [6.45, 7) is 4.21. The van der Waals surface area contributed by atoms with E-state index >= 15 is 0 Å². The zero-order chi connectivity index (χ0) is 11.0. The highest BCUT2D eigenvalue weighted by atomic mass is 16.6. The fourth-order valence-corrected chi connectivity index (χ4v) is 0.883. The maximum Gasteiger partial charge on any atom is 0.503 e. The molecule has 0 heterocycles. The zero-order valence-corrected chi connectivity index (χ0v) is 8.27. The van der Waals surface area contributed by atoms with Crippen LogP contribution in [0.3, 0.4) is 0 Å². The lowest BCUT2D eigenvalue weighted by Gasteiger charge is -1.91. The van der Waals surface area contributed by atoms with Crippen LogP contribution in [0, 0.1) is 0 Å². The summed E-state index contributed by atoms with van der Waals surface area (Å²) < 4.78 is 0. The van der Waals surface area contributed by atoms with E-state index in [-0.39, 0.29) is 0 Å². The lowest BCUT2D eigenvalue weighted by Crippen LogP contribution is -1.81. The summed E-state index contributed by atoms with van der Waals surface area (Å²) >= 11 is 0. The molecule has 0 unspecified atom stereocenters. The van der Waals surface area contributed by atoms with Gasteiger partial charge in [-0.05, 0) is 19.4 Å². The second kappa shape index (κ2) is 6.71. The lowest BCUT2D eigenvalue weighted by atomic mass is 10.2. The first-order chi connectivity index (χ1) is 6.52. The fraction of sp³-hybridized carbons (Fsp3) is 0.182. The molecule has 3 heteroatoms. The molecule has 3 nitrogen and oxygen atoms in total. The van der Waals surface area contributed by atoms with Crippen LogP contribution in [0.15, 0.2) is 35.9 Å². The molecule has 1 aromatic carbocycles. The van der Waals surface area contributed by atoms with Gasteiger partial charge in [-0.25, -0.2) is 4.79 Å². The molecule has 0 saturated heterocycles. The van der Waals surface area contributed by atoms with Crippen LogP contribution in [0.25, 0.3) is 6.08 Å². The third-order valence-electron chi connectivity index (χ3n) is 1.25. The van der Waals surface area contributed by atoms with Crippen molar-refractivity contribution in [2.45, 2.75) is 13.8 Å². The van der Waals surface area contributed by atoms with E-state index in [4.69, 9.17) is 15.0 Å². The average molecular weight is 194 g/mol. The predicted octanol–water partition coefficient (Wildman–Crippen LogP) is 3.33. The average Bonchev–Trinajstić information content (AvgIpc) is 2.03. The number of carboxylic acid groups (broad SMARTS) is 2. The SMILES string of the molecule is CC(C)=Cc1ccccc1.O=C(O)O. The number of allylic oxidation sites excluding steroid dienone is 1. The molecule has 0 aliphatic rings. The Labute approximate surface area is 83.3 Å². The summed E-state index contributed by atoms with van der Waals surface area (Å²) in [5, 5.41) is 13.9. The molecule has 0 radical (unpaired) electrons. The molecule has 0 aromatic heterocycles. The standard InChI is InChI=1S/C10H12.CH2O3/c1-9(2)8-10-6-4-3-5-7-10;2-1(3)4/h3-8H,1-2H3;(H2,2,3,4). The smallest absolute Gasteiger partial charge is 0.450 e. The summed E-state index contributed by atoms with van der Waals surface area (Å²) in [4.78, 5) is 8.56. The van der Waals surface area contributed by atoms with E-state index in [0.717, 1.165) is 0 Å². The minimum absolute atomic E-state index is 1.28. The number of benzene rings is 1. The van der Waals surface area contributed by atoms with Crippen LogP contribution in [0.5, 0.6) is 0 Å². The number of hydrogen-bond acceptors (Lipinski definition) is 1. The largest absolute Gasteiger partial charge is 0.503 e. The van der Waals surface area contributed by atoms with Crippen molar-refractivity contribution < 1.29 is 15.0 Å². The highest BCUT2D eigenvalue weighted by Gasteiger charge is 1.82. The Morgan fingerprint density at radius 3 is 1.93 bits per heavy atom. The maximum atomic E-state index is 8.56. The number of hydrogen-bond donors (Lipinski definition) is 2. The summed E-state index contributed by atoms with van der Waals surface area (Å²) in [7, 11) is 0. The minimum Gasteiger partial charge on any atom is -0.450 e. The Morgan fingerprint density at radius 1 is 1.14 bits per heavy atom. The van der Waals surface area contributed by atoms with E-state index in [9.17, 15) is 0 Å². The first kappa shape index (κ1) is 12.2. The van der Waals surface area contributed by atoms with Crippen molar-refractivity contribution in [3.8, 4) is 0 Å². The molecule has 0 spiro atoms. The van der Waals surface area contributed by atoms with Crippen LogP contribution in [0.4, 0.5) is 4.79 Å². The van der Waals surface area contributed by atoms with Crippen molar-refractivity contribution in [3.05, 3.63) is 41.5 Å². The van der Waals surface area contributed by atoms with Crippen LogP contribution >= 0.6 is 0 Å². The third-order valence-corrected chi connectivity index (χ3v) is 1.25. The van der Waals surface area contributed by atoms with Gasteiger partial charge in [0.15, 0.2) is 0 Å². The number of rotatable bonds is 1. The van der Waals surface area contributed by atoms with E-state index in [1.807, 2.05) is 6.07 Å². The van der Waals surface area contributed by atoms with Gasteiger partial charge in [-0.15, -0.1) is 0 Å². The van der Waals surface area contributed by atoms with Gasteiger partial charge < -0.3 is 10.2 Å². The molecule has 0 atom stereocenters. The van der Waals surface area contributed by atoms with Crippen molar-refractivity contribution >= 4 is 12.2 Å². The molecular formula is C11H14O3. The van der Waals surface area contributed by atoms with Crippen molar-refractivity contribution in [1.82, 2.24) is 0 Å². The van der Waals surface area contributed by atoms with Crippen molar-refractivity contribution in [1.29, 1.82) is 0 Å². The summed E-state index contributed by atoms with van der Waals surface area (Å²) in [5.74, 6) is 0. The number of carbonyl (C=O) groups is 1. The molecule has 0 aliphatic heterocycles. The van der Waals surface area contributed by atoms with Crippen molar-refractivity contribution in [3.63, 3.8) is 0 Å². The van der Waals surface area contributed by atoms with E-state index in [1.165, 1.54) is 11.1 Å². The second-order valence-electron chi connectivity index (χ2n) is 2.91. The Hall–Kier alpha value is -1.77. The van der Waals surface area contributed by atoms with Crippen LogP contribution in [-0.4, -0.2) is 16.4 Å². The van der Waals surface area contributed by atoms with Gasteiger partial charge in [0, 0.05) is 0 Å². The van der Waals surface area contributed by atoms with Gasteiger partial charge in [0.2, 0.25) is 0 Å². The lowest BCUT2D eigenvalue weighted by molar-refractivity contribution is 0.137. The van der Waals surface area contributed by atoms with E-state index in [2.05, 4.69) is 44.2 Å². The third kappa shape index (κ3) is 8.33. The van der Waals surface area contributed by atoms with Gasteiger partial charge in [0.25, 0.3) is 0 Å². The summed E-state index contributed by atoms with van der Waals surface area (Å²) in [5.41, 5.74) is 2.62. The molecular weight excluding hydrogens is 180 g/mol. The monoisotopic (exact) mass is 194 g/mol. The molecule has 0 amide bonds. The molecule has 0 fully saturated rings. The van der Waals surface area contributed by atoms with Gasteiger partial charge in [0.05, 0.1) is 0 Å². The zero-order valence-electron chi connectivity index (χ0n) is 8.27. The molecule has 1 aromatic rings. The van der Waals surface area contributed by atoms with E-state index in [1.54, 1.807) is 0 Å². The molecule has 14 heavy (non-hydrogen) atoms.